The Morgan fingerprint density at radius 3 is 2.43 bits per heavy atom. The van der Waals surface area contributed by atoms with Crippen molar-refractivity contribution in [2.24, 2.45) is 0 Å². The molecule has 0 aromatic heterocycles. The van der Waals surface area contributed by atoms with E-state index in [0.29, 0.717) is 18.6 Å². The molecule has 1 aromatic carbocycles. The van der Waals surface area contributed by atoms with Gasteiger partial charge in [-0.25, -0.2) is 17.9 Å². The maximum atomic E-state index is 11.6. The van der Waals surface area contributed by atoms with Crippen molar-refractivity contribution in [3.05, 3.63) is 35.4 Å². The number of benzene rings is 1. The number of hydrogen-bond acceptors (Lipinski definition) is 5. The van der Waals surface area contributed by atoms with E-state index in [1.165, 1.54) is 19.2 Å². The number of amides is 1. The van der Waals surface area contributed by atoms with E-state index in [-0.39, 0.29) is 24.4 Å². The van der Waals surface area contributed by atoms with Crippen LogP contribution in [0, 0.1) is 0 Å². The molecule has 0 aliphatic carbocycles. The fourth-order valence-electron chi connectivity index (χ4n) is 1.67. The van der Waals surface area contributed by atoms with Crippen molar-refractivity contribution >= 4 is 21.9 Å². The Labute approximate surface area is 134 Å². The van der Waals surface area contributed by atoms with Crippen LogP contribution in [-0.2, 0) is 26.1 Å². The number of nitrogens with one attached hydrogen (secondary N) is 2. The second-order valence-electron chi connectivity index (χ2n) is 4.77. The first-order chi connectivity index (χ1) is 10.8. The number of rotatable bonds is 10. The molecule has 23 heavy (non-hydrogen) atoms. The van der Waals surface area contributed by atoms with Crippen LogP contribution in [-0.4, -0.2) is 51.4 Å². The first-order valence-electron chi connectivity index (χ1n) is 6.89. The smallest absolute Gasteiger partial charge is 0.335 e. The molecular weight excluding hydrogens is 324 g/mol. The molecule has 3 N–H and O–H groups in total. The van der Waals surface area contributed by atoms with Gasteiger partial charge in [-0.1, -0.05) is 12.1 Å². The van der Waals surface area contributed by atoms with E-state index in [1.807, 2.05) is 0 Å². The lowest BCUT2D eigenvalue weighted by Crippen LogP contribution is -2.37. The van der Waals surface area contributed by atoms with Gasteiger partial charge >= 0.3 is 5.97 Å². The van der Waals surface area contributed by atoms with Gasteiger partial charge < -0.3 is 15.2 Å². The number of carbonyl (C=O) groups excluding carboxylic acids is 1. The number of hydrogen-bond donors (Lipinski definition) is 3. The number of carboxylic acids is 1. The first kappa shape index (κ1) is 19.1. The van der Waals surface area contributed by atoms with Gasteiger partial charge in [0.25, 0.3) is 0 Å². The molecule has 128 valence electrons. The molecule has 0 unspecified atom stereocenters. The minimum atomic E-state index is -3.50. The second kappa shape index (κ2) is 9.23. The Hall–Kier alpha value is -1.97. The van der Waals surface area contributed by atoms with Crippen molar-refractivity contribution in [2.45, 2.75) is 13.0 Å². The molecule has 0 spiro atoms. The van der Waals surface area contributed by atoms with Gasteiger partial charge in [-0.2, -0.15) is 0 Å². The number of ether oxygens (including phenoxy) is 1. The Bertz CT molecular complexity index is 627. The average molecular weight is 344 g/mol. The Morgan fingerprint density at radius 2 is 1.87 bits per heavy atom. The van der Waals surface area contributed by atoms with Crippen LogP contribution in [0.2, 0.25) is 0 Å². The lowest BCUT2D eigenvalue weighted by atomic mass is 10.1. The average Bonchev–Trinajstić information content (AvgIpc) is 2.51. The van der Waals surface area contributed by atoms with E-state index in [4.69, 9.17) is 9.84 Å². The van der Waals surface area contributed by atoms with Gasteiger partial charge in [0.05, 0.1) is 17.9 Å². The predicted molar refractivity (Wildman–Crippen MR) is 83.5 cm³/mol. The zero-order chi connectivity index (χ0) is 17.3. The van der Waals surface area contributed by atoms with Crippen molar-refractivity contribution in [1.29, 1.82) is 0 Å². The molecular formula is C14H20N2O6S. The van der Waals surface area contributed by atoms with E-state index in [2.05, 4.69) is 10.0 Å². The largest absolute Gasteiger partial charge is 0.478 e. The number of carbonyl (C=O) groups is 2. The van der Waals surface area contributed by atoms with Crippen molar-refractivity contribution < 1.29 is 27.9 Å². The molecule has 0 heterocycles. The van der Waals surface area contributed by atoms with Crippen LogP contribution in [0.5, 0.6) is 0 Å². The summed E-state index contributed by atoms with van der Waals surface area (Å²) in [6.45, 7) is 0.173. The molecule has 0 radical (unpaired) electrons. The maximum absolute atomic E-state index is 11.6. The van der Waals surface area contributed by atoms with E-state index in [1.54, 1.807) is 12.1 Å². The van der Waals surface area contributed by atoms with Crippen LogP contribution in [0.1, 0.15) is 22.3 Å². The van der Waals surface area contributed by atoms with E-state index >= 15 is 0 Å². The fraction of sp³-hybridized carbons (Fsp3) is 0.429. The topological polar surface area (TPSA) is 122 Å². The minimum Gasteiger partial charge on any atom is -0.478 e. The standard InChI is InChI=1S/C14H20N2O6S/c1-22-7-2-8-23(20,21)16-10-13(17)15-9-11-3-5-12(6-4-11)14(18)19/h3-6,16H,2,7-10H2,1H3,(H,15,17)(H,18,19). The maximum Gasteiger partial charge on any atom is 0.335 e. The molecule has 1 amide bonds. The van der Waals surface area contributed by atoms with Gasteiger partial charge in [-0.3, -0.25) is 4.79 Å². The van der Waals surface area contributed by atoms with E-state index in [9.17, 15) is 18.0 Å². The third-order valence-corrected chi connectivity index (χ3v) is 4.32. The lowest BCUT2D eigenvalue weighted by molar-refractivity contribution is -0.120. The van der Waals surface area contributed by atoms with E-state index < -0.39 is 21.9 Å². The molecule has 0 saturated heterocycles. The van der Waals surface area contributed by atoms with Gasteiger partial charge in [0.15, 0.2) is 0 Å². The van der Waals surface area contributed by atoms with Crippen LogP contribution in [0.4, 0.5) is 0 Å². The third kappa shape index (κ3) is 7.73. The van der Waals surface area contributed by atoms with Crippen LogP contribution >= 0.6 is 0 Å². The van der Waals surface area contributed by atoms with Crippen LogP contribution in [0.15, 0.2) is 24.3 Å². The van der Waals surface area contributed by atoms with Crippen molar-refractivity contribution in [3.63, 3.8) is 0 Å². The molecule has 0 aliphatic rings. The molecule has 1 rings (SSSR count). The molecule has 0 bridgehead atoms. The lowest BCUT2D eigenvalue weighted by Gasteiger charge is -2.08. The van der Waals surface area contributed by atoms with Gasteiger partial charge in [0.2, 0.25) is 15.9 Å². The second-order valence-corrected chi connectivity index (χ2v) is 6.69. The summed E-state index contributed by atoms with van der Waals surface area (Å²) in [6.07, 6.45) is 0.351. The summed E-state index contributed by atoms with van der Waals surface area (Å²) in [5, 5.41) is 11.3. The Morgan fingerprint density at radius 1 is 1.22 bits per heavy atom. The first-order valence-corrected chi connectivity index (χ1v) is 8.54. The number of carboxylic acid groups (broad SMARTS) is 1. The highest BCUT2D eigenvalue weighted by atomic mass is 32.2. The van der Waals surface area contributed by atoms with Crippen molar-refractivity contribution in [2.75, 3.05) is 26.0 Å². The summed E-state index contributed by atoms with van der Waals surface area (Å²) >= 11 is 0. The highest BCUT2D eigenvalue weighted by molar-refractivity contribution is 7.89. The number of methoxy groups -OCH3 is 1. The predicted octanol–water partition coefficient (Wildman–Crippen LogP) is -0.0431. The summed E-state index contributed by atoms with van der Waals surface area (Å²) < 4.78 is 30.1. The summed E-state index contributed by atoms with van der Waals surface area (Å²) in [6, 6.07) is 6.03. The Kier molecular flexibility index (Phi) is 7.66. The van der Waals surface area contributed by atoms with Crippen molar-refractivity contribution in [3.8, 4) is 0 Å². The SMILES string of the molecule is COCCCS(=O)(=O)NCC(=O)NCc1ccc(C(=O)O)cc1. The van der Waals surface area contributed by atoms with Gasteiger partial charge in [-0.05, 0) is 24.1 Å². The highest BCUT2D eigenvalue weighted by Gasteiger charge is 2.12. The zero-order valence-corrected chi connectivity index (χ0v) is 13.6. The van der Waals surface area contributed by atoms with Crippen molar-refractivity contribution in [1.82, 2.24) is 10.0 Å². The van der Waals surface area contributed by atoms with Gasteiger partial charge in [0.1, 0.15) is 0 Å². The van der Waals surface area contributed by atoms with Gasteiger partial charge in [0, 0.05) is 20.3 Å². The number of aromatic carboxylic acids is 1. The van der Waals surface area contributed by atoms with E-state index in [0.717, 1.165) is 0 Å². The highest BCUT2D eigenvalue weighted by Crippen LogP contribution is 2.04. The Balaban J connectivity index is 2.35. The van der Waals surface area contributed by atoms with Gasteiger partial charge in [-0.15, -0.1) is 0 Å². The fourth-order valence-corrected chi connectivity index (χ4v) is 2.66. The summed E-state index contributed by atoms with van der Waals surface area (Å²) in [7, 11) is -2.02. The van der Waals surface area contributed by atoms with Crippen LogP contribution < -0.4 is 10.0 Å². The van der Waals surface area contributed by atoms with Crippen LogP contribution in [0.25, 0.3) is 0 Å². The van der Waals surface area contributed by atoms with Crippen LogP contribution in [0.3, 0.4) is 0 Å². The third-order valence-electron chi connectivity index (χ3n) is 2.90. The molecule has 0 fully saturated rings. The normalized spacial score (nSPS) is 11.2. The monoisotopic (exact) mass is 344 g/mol. The molecule has 9 heteroatoms. The number of sulfonamides is 1. The minimum absolute atomic E-state index is 0.106. The summed E-state index contributed by atoms with van der Waals surface area (Å²) in [4.78, 5) is 22.3. The molecule has 1 aromatic rings. The summed E-state index contributed by atoms with van der Waals surface area (Å²) in [5.74, 6) is -1.60. The quantitative estimate of drug-likeness (QED) is 0.512. The molecule has 0 aliphatic heterocycles. The molecule has 0 saturated carbocycles. The molecule has 8 nitrogen and oxygen atoms in total. The molecule has 0 atom stereocenters. The summed E-state index contributed by atoms with van der Waals surface area (Å²) in [5.41, 5.74) is 0.871. The zero-order valence-electron chi connectivity index (χ0n) is 12.7.